The van der Waals surface area contributed by atoms with Gasteiger partial charge in [0.05, 0.1) is 5.56 Å². The first-order chi connectivity index (χ1) is 11.0. The number of halogens is 2. The summed E-state index contributed by atoms with van der Waals surface area (Å²) in [6.07, 6.45) is 1.44. The minimum absolute atomic E-state index is 0.283. The smallest absolute Gasteiger partial charge is 0.212 e. The molecule has 0 amide bonds. The predicted octanol–water partition coefficient (Wildman–Crippen LogP) is 4.66. The molecule has 0 atom stereocenters. The molecule has 0 aliphatic carbocycles. The zero-order valence-corrected chi connectivity index (χ0v) is 12.7. The average molecular weight is 310 g/mol. The maximum Gasteiger partial charge on any atom is 0.212 e. The van der Waals surface area contributed by atoms with E-state index in [2.05, 4.69) is 0 Å². The van der Waals surface area contributed by atoms with Crippen LogP contribution in [0.3, 0.4) is 0 Å². The summed E-state index contributed by atoms with van der Waals surface area (Å²) >= 11 is 0. The number of rotatable bonds is 1. The van der Waals surface area contributed by atoms with Crippen molar-refractivity contribution in [1.82, 2.24) is 0 Å². The van der Waals surface area contributed by atoms with Gasteiger partial charge in [-0.1, -0.05) is 0 Å². The minimum atomic E-state index is -0.321. The second-order valence-corrected chi connectivity index (χ2v) is 5.75. The van der Waals surface area contributed by atoms with Gasteiger partial charge in [-0.3, -0.25) is 0 Å². The van der Waals surface area contributed by atoms with Crippen molar-refractivity contribution in [3.05, 3.63) is 65.9 Å². The lowest BCUT2D eigenvalue weighted by atomic mass is 10.0. The topological polar surface area (TPSA) is 17.0 Å². The first kappa shape index (κ1) is 13.9. The van der Waals surface area contributed by atoms with Gasteiger partial charge in [0.1, 0.15) is 24.0 Å². The highest BCUT2D eigenvalue weighted by Crippen LogP contribution is 2.33. The number of furan rings is 1. The Hall–Kier alpha value is -2.75. The summed E-state index contributed by atoms with van der Waals surface area (Å²) in [5, 5.41) is 1.84. The van der Waals surface area contributed by atoms with Gasteiger partial charge >= 0.3 is 0 Å². The van der Waals surface area contributed by atoms with Crippen molar-refractivity contribution in [2.75, 3.05) is 0 Å². The molecule has 0 spiro atoms. The van der Waals surface area contributed by atoms with Gasteiger partial charge in [0, 0.05) is 22.9 Å². The van der Waals surface area contributed by atoms with Crippen LogP contribution in [0.1, 0.15) is 5.56 Å². The fourth-order valence-electron chi connectivity index (χ4n) is 3.03. The molecule has 0 bridgehead atoms. The highest BCUT2D eigenvalue weighted by Gasteiger charge is 2.17. The van der Waals surface area contributed by atoms with Crippen LogP contribution in [0, 0.1) is 18.6 Å². The molecule has 0 N–H and O–H groups in total. The zero-order valence-electron chi connectivity index (χ0n) is 12.7. The number of aromatic nitrogens is 1. The lowest BCUT2D eigenvalue weighted by Gasteiger charge is -2.04. The number of pyridine rings is 1. The lowest BCUT2D eigenvalue weighted by molar-refractivity contribution is -0.661. The quantitative estimate of drug-likeness (QED) is 0.467. The molecule has 4 heteroatoms. The molecule has 2 heterocycles. The Morgan fingerprint density at radius 1 is 0.870 bits per heavy atom. The molecule has 4 aromatic rings. The van der Waals surface area contributed by atoms with Crippen molar-refractivity contribution in [3.8, 4) is 11.3 Å². The first-order valence-electron chi connectivity index (χ1n) is 7.31. The Morgan fingerprint density at radius 3 is 2.39 bits per heavy atom. The summed E-state index contributed by atoms with van der Waals surface area (Å²) in [6.45, 7) is 2.00. The van der Waals surface area contributed by atoms with E-state index in [1.807, 2.05) is 19.1 Å². The maximum absolute atomic E-state index is 13.4. The Labute approximate surface area is 131 Å². The van der Waals surface area contributed by atoms with Gasteiger partial charge in [-0.2, -0.15) is 4.57 Å². The normalized spacial score (nSPS) is 11.5. The molecule has 0 aliphatic rings. The number of aryl methyl sites for hydroxylation is 2. The van der Waals surface area contributed by atoms with Crippen LogP contribution < -0.4 is 4.57 Å². The predicted molar refractivity (Wildman–Crippen MR) is 85.0 cm³/mol. The monoisotopic (exact) mass is 310 g/mol. The molecule has 2 nitrogen and oxygen atoms in total. The molecule has 0 aliphatic heterocycles. The Kier molecular flexibility index (Phi) is 2.94. The second kappa shape index (κ2) is 4.88. The molecule has 0 fully saturated rings. The molecular weight excluding hydrogens is 296 g/mol. The molecule has 0 saturated heterocycles. The summed E-state index contributed by atoms with van der Waals surface area (Å²) in [4.78, 5) is 0. The summed E-state index contributed by atoms with van der Waals surface area (Å²) in [7, 11) is 1.80. The second-order valence-electron chi connectivity index (χ2n) is 5.75. The van der Waals surface area contributed by atoms with Crippen LogP contribution >= 0.6 is 0 Å². The van der Waals surface area contributed by atoms with Crippen LogP contribution in [0.2, 0.25) is 0 Å². The molecule has 2 aromatic carbocycles. The molecule has 114 valence electrons. The van der Waals surface area contributed by atoms with E-state index in [-0.39, 0.29) is 11.6 Å². The maximum atomic E-state index is 13.4. The zero-order chi connectivity index (χ0) is 16.1. The Morgan fingerprint density at radius 2 is 1.61 bits per heavy atom. The van der Waals surface area contributed by atoms with E-state index in [1.165, 1.54) is 24.4 Å². The van der Waals surface area contributed by atoms with Crippen LogP contribution in [0.4, 0.5) is 8.78 Å². The van der Waals surface area contributed by atoms with Crippen LogP contribution in [-0.4, -0.2) is 0 Å². The van der Waals surface area contributed by atoms with Gasteiger partial charge in [-0.25, -0.2) is 8.78 Å². The van der Waals surface area contributed by atoms with Crippen LogP contribution in [0.5, 0.6) is 0 Å². The van der Waals surface area contributed by atoms with Crippen molar-refractivity contribution >= 4 is 21.9 Å². The summed E-state index contributed by atoms with van der Waals surface area (Å²) in [5.74, 6) is -0.604. The molecule has 4 rings (SSSR count). The van der Waals surface area contributed by atoms with Crippen molar-refractivity contribution in [1.29, 1.82) is 0 Å². The molecule has 0 saturated carbocycles. The third-order valence-corrected chi connectivity index (χ3v) is 4.15. The first-order valence-corrected chi connectivity index (χ1v) is 7.31. The fourth-order valence-corrected chi connectivity index (χ4v) is 3.03. The standard InChI is InChI=1S/C19H14F2NO/c1-11-7-16-14-5-3-12(20)8-18(14)23-19(16)9-15(11)17-6-4-13(21)10-22(17)2/h3-10H,1-2H3/q+1. The van der Waals surface area contributed by atoms with E-state index in [9.17, 15) is 8.78 Å². The lowest BCUT2D eigenvalue weighted by Crippen LogP contribution is -2.31. The highest BCUT2D eigenvalue weighted by atomic mass is 19.1. The molecule has 0 unspecified atom stereocenters. The van der Waals surface area contributed by atoms with Crippen molar-refractivity contribution in [3.63, 3.8) is 0 Å². The largest absolute Gasteiger partial charge is 0.456 e. The van der Waals surface area contributed by atoms with Crippen LogP contribution in [0.15, 0.2) is 53.1 Å². The Balaban J connectivity index is 2.01. The van der Waals surface area contributed by atoms with E-state index in [4.69, 9.17) is 4.42 Å². The summed E-state index contributed by atoms with van der Waals surface area (Å²) in [6, 6.07) is 11.7. The van der Waals surface area contributed by atoms with Gasteiger partial charge in [0.2, 0.25) is 11.9 Å². The Bertz CT molecular complexity index is 1070. The minimum Gasteiger partial charge on any atom is -0.456 e. The fraction of sp³-hybridized carbons (Fsp3) is 0.105. The highest BCUT2D eigenvalue weighted by molar-refractivity contribution is 6.06. The van der Waals surface area contributed by atoms with Crippen molar-refractivity contribution in [2.24, 2.45) is 7.05 Å². The summed E-state index contributed by atoms with van der Waals surface area (Å²) in [5.41, 5.74) is 4.11. The van der Waals surface area contributed by atoms with Gasteiger partial charge < -0.3 is 4.42 Å². The molecule has 23 heavy (non-hydrogen) atoms. The van der Waals surface area contributed by atoms with Gasteiger partial charge in [0.15, 0.2) is 5.82 Å². The number of fused-ring (bicyclic) bond motifs is 3. The van der Waals surface area contributed by atoms with E-state index in [0.29, 0.717) is 11.2 Å². The molecule has 2 aromatic heterocycles. The van der Waals surface area contributed by atoms with Gasteiger partial charge in [0.25, 0.3) is 0 Å². The van der Waals surface area contributed by atoms with E-state index in [0.717, 1.165) is 27.6 Å². The number of hydrogen-bond acceptors (Lipinski definition) is 1. The summed E-state index contributed by atoms with van der Waals surface area (Å²) < 4.78 is 34.2. The van der Waals surface area contributed by atoms with Crippen molar-refractivity contribution < 1.29 is 17.8 Å². The number of nitrogens with zero attached hydrogens (tertiary/aromatic N) is 1. The molecular formula is C19H14F2NO+. The van der Waals surface area contributed by atoms with E-state index < -0.39 is 0 Å². The SMILES string of the molecule is Cc1cc2c(cc1-c1ccc(F)c[n+]1C)oc1cc(F)ccc12. The van der Waals surface area contributed by atoms with E-state index >= 15 is 0 Å². The number of benzene rings is 2. The van der Waals surface area contributed by atoms with Gasteiger partial charge in [-0.15, -0.1) is 0 Å². The van der Waals surface area contributed by atoms with E-state index in [1.54, 1.807) is 23.7 Å². The van der Waals surface area contributed by atoms with Gasteiger partial charge in [-0.05, 0) is 42.8 Å². The average Bonchev–Trinajstić information content (AvgIpc) is 2.83. The van der Waals surface area contributed by atoms with Crippen molar-refractivity contribution in [2.45, 2.75) is 6.92 Å². The number of hydrogen-bond donors (Lipinski definition) is 0. The third kappa shape index (κ3) is 2.18. The van der Waals surface area contributed by atoms with Crippen LogP contribution in [-0.2, 0) is 7.05 Å². The van der Waals surface area contributed by atoms with Crippen LogP contribution in [0.25, 0.3) is 33.2 Å². The third-order valence-electron chi connectivity index (χ3n) is 4.15. The molecule has 0 radical (unpaired) electrons.